The standard InChI is InChI=1S/C26H33ClN4O3/c1-17(2)14-24(32)29-20-10-8-18(9-11-20)28-16-25(33)30-21-12-13-23(27)22(15-21)26(34)31-19-6-4-3-5-7-19/h8-13,15,17,19,28H,3-7,14,16H2,1-2H3,(H,29,32)(H,30,33)(H,31,34). The third-order valence-electron chi connectivity index (χ3n) is 5.65. The number of rotatable bonds is 9. The minimum Gasteiger partial charge on any atom is -0.376 e. The van der Waals surface area contributed by atoms with Gasteiger partial charge >= 0.3 is 0 Å². The topological polar surface area (TPSA) is 99.3 Å². The number of benzene rings is 2. The van der Waals surface area contributed by atoms with E-state index in [-0.39, 0.29) is 30.3 Å². The summed E-state index contributed by atoms with van der Waals surface area (Å²) < 4.78 is 0. The van der Waals surface area contributed by atoms with E-state index in [1.165, 1.54) is 6.42 Å². The number of nitrogens with one attached hydrogen (secondary N) is 4. The Balaban J connectivity index is 1.50. The molecule has 4 N–H and O–H groups in total. The normalized spacial score (nSPS) is 13.9. The Labute approximate surface area is 206 Å². The second-order valence-electron chi connectivity index (χ2n) is 9.13. The van der Waals surface area contributed by atoms with E-state index in [9.17, 15) is 14.4 Å². The molecule has 0 atom stereocenters. The van der Waals surface area contributed by atoms with Crippen LogP contribution >= 0.6 is 11.6 Å². The fourth-order valence-electron chi connectivity index (χ4n) is 3.93. The number of halogens is 1. The molecule has 0 bridgehead atoms. The van der Waals surface area contributed by atoms with E-state index in [1.54, 1.807) is 42.5 Å². The van der Waals surface area contributed by atoms with Gasteiger partial charge in [-0.3, -0.25) is 14.4 Å². The molecule has 0 unspecified atom stereocenters. The van der Waals surface area contributed by atoms with Crippen molar-refractivity contribution in [2.75, 3.05) is 22.5 Å². The highest BCUT2D eigenvalue weighted by Gasteiger charge is 2.19. The van der Waals surface area contributed by atoms with Gasteiger partial charge in [0, 0.05) is 29.5 Å². The highest BCUT2D eigenvalue weighted by atomic mass is 35.5. The van der Waals surface area contributed by atoms with Crippen molar-refractivity contribution < 1.29 is 14.4 Å². The smallest absolute Gasteiger partial charge is 0.253 e. The highest BCUT2D eigenvalue weighted by molar-refractivity contribution is 6.34. The molecule has 1 fully saturated rings. The zero-order valence-corrected chi connectivity index (χ0v) is 20.5. The average Bonchev–Trinajstić information content (AvgIpc) is 2.80. The first-order chi connectivity index (χ1) is 16.3. The molecule has 1 aliphatic rings. The molecule has 2 aromatic rings. The molecule has 0 spiro atoms. The Morgan fingerprint density at radius 3 is 2.18 bits per heavy atom. The van der Waals surface area contributed by atoms with E-state index in [2.05, 4.69) is 21.3 Å². The monoisotopic (exact) mass is 484 g/mol. The van der Waals surface area contributed by atoms with Crippen LogP contribution in [-0.4, -0.2) is 30.3 Å². The Morgan fingerprint density at radius 2 is 1.50 bits per heavy atom. The Morgan fingerprint density at radius 1 is 0.882 bits per heavy atom. The van der Waals surface area contributed by atoms with Crippen LogP contribution in [0.2, 0.25) is 5.02 Å². The summed E-state index contributed by atoms with van der Waals surface area (Å²) >= 11 is 6.24. The average molecular weight is 485 g/mol. The molecule has 3 rings (SSSR count). The van der Waals surface area contributed by atoms with Crippen LogP contribution in [-0.2, 0) is 9.59 Å². The number of amides is 3. The van der Waals surface area contributed by atoms with E-state index < -0.39 is 0 Å². The third-order valence-corrected chi connectivity index (χ3v) is 5.98. The highest BCUT2D eigenvalue weighted by Crippen LogP contribution is 2.23. The quantitative estimate of drug-likeness (QED) is 0.381. The first-order valence-corrected chi connectivity index (χ1v) is 12.2. The summed E-state index contributed by atoms with van der Waals surface area (Å²) in [5.74, 6) is -0.200. The zero-order chi connectivity index (χ0) is 24.5. The summed E-state index contributed by atoms with van der Waals surface area (Å²) in [5.41, 5.74) is 2.32. The summed E-state index contributed by atoms with van der Waals surface area (Å²) in [6.07, 6.45) is 5.89. The van der Waals surface area contributed by atoms with E-state index >= 15 is 0 Å². The summed E-state index contributed by atoms with van der Waals surface area (Å²) in [7, 11) is 0. The van der Waals surface area contributed by atoms with Gasteiger partial charge < -0.3 is 21.3 Å². The van der Waals surface area contributed by atoms with Crippen molar-refractivity contribution in [1.29, 1.82) is 0 Å². The van der Waals surface area contributed by atoms with Gasteiger partial charge in [0.2, 0.25) is 11.8 Å². The predicted molar refractivity (Wildman–Crippen MR) is 137 cm³/mol. The number of anilines is 3. The summed E-state index contributed by atoms with van der Waals surface area (Å²) in [6.45, 7) is 4.04. The largest absolute Gasteiger partial charge is 0.376 e. The fraction of sp³-hybridized carbons (Fsp3) is 0.423. The molecule has 182 valence electrons. The van der Waals surface area contributed by atoms with Crippen molar-refractivity contribution >= 4 is 46.4 Å². The molecular formula is C26H33ClN4O3. The van der Waals surface area contributed by atoms with E-state index in [0.717, 1.165) is 31.4 Å². The molecule has 1 aliphatic carbocycles. The third kappa shape index (κ3) is 8.06. The van der Waals surface area contributed by atoms with Gasteiger partial charge in [0.05, 0.1) is 17.1 Å². The van der Waals surface area contributed by atoms with Crippen molar-refractivity contribution in [3.63, 3.8) is 0 Å². The second-order valence-corrected chi connectivity index (χ2v) is 9.54. The summed E-state index contributed by atoms with van der Waals surface area (Å²) in [4.78, 5) is 37.0. The minimum atomic E-state index is -0.254. The molecule has 0 aliphatic heterocycles. The lowest BCUT2D eigenvalue weighted by atomic mass is 9.95. The van der Waals surface area contributed by atoms with Crippen molar-refractivity contribution in [2.24, 2.45) is 5.92 Å². The maximum absolute atomic E-state index is 12.7. The lowest BCUT2D eigenvalue weighted by Gasteiger charge is -2.23. The molecule has 0 heterocycles. The first kappa shape index (κ1) is 25.6. The van der Waals surface area contributed by atoms with Gasteiger partial charge in [-0.2, -0.15) is 0 Å². The van der Waals surface area contributed by atoms with Crippen LogP contribution in [0.4, 0.5) is 17.1 Å². The van der Waals surface area contributed by atoms with Crippen LogP contribution in [0, 0.1) is 5.92 Å². The van der Waals surface area contributed by atoms with E-state index in [4.69, 9.17) is 11.6 Å². The van der Waals surface area contributed by atoms with Crippen LogP contribution in [0.15, 0.2) is 42.5 Å². The van der Waals surface area contributed by atoms with E-state index in [0.29, 0.717) is 34.3 Å². The van der Waals surface area contributed by atoms with Gasteiger partial charge in [0.1, 0.15) is 0 Å². The molecular weight excluding hydrogens is 452 g/mol. The van der Waals surface area contributed by atoms with Crippen LogP contribution in [0.5, 0.6) is 0 Å². The summed E-state index contributed by atoms with van der Waals surface area (Å²) in [6, 6.07) is 12.2. The van der Waals surface area contributed by atoms with E-state index in [1.807, 2.05) is 13.8 Å². The lowest BCUT2D eigenvalue weighted by molar-refractivity contribution is -0.117. The summed E-state index contributed by atoms with van der Waals surface area (Å²) in [5, 5.41) is 12.1. The van der Waals surface area contributed by atoms with Crippen LogP contribution in [0.25, 0.3) is 0 Å². The number of hydrogen-bond acceptors (Lipinski definition) is 4. The molecule has 1 saturated carbocycles. The molecule has 34 heavy (non-hydrogen) atoms. The molecule has 0 saturated heterocycles. The van der Waals surface area contributed by atoms with Gasteiger partial charge in [0.15, 0.2) is 0 Å². The molecule has 7 nitrogen and oxygen atoms in total. The van der Waals surface area contributed by atoms with Gasteiger partial charge in [-0.25, -0.2) is 0 Å². The molecule has 2 aromatic carbocycles. The molecule has 0 radical (unpaired) electrons. The van der Waals surface area contributed by atoms with Crippen molar-refractivity contribution in [2.45, 2.75) is 58.4 Å². The zero-order valence-electron chi connectivity index (χ0n) is 19.7. The predicted octanol–water partition coefficient (Wildman–Crippen LogP) is 5.44. The minimum absolute atomic E-state index is 0.0233. The first-order valence-electron chi connectivity index (χ1n) is 11.8. The van der Waals surface area contributed by atoms with Gasteiger partial charge in [0.25, 0.3) is 5.91 Å². The Hall–Kier alpha value is -3.06. The van der Waals surface area contributed by atoms with Gasteiger partial charge in [-0.15, -0.1) is 0 Å². The van der Waals surface area contributed by atoms with Gasteiger partial charge in [-0.1, -0.05) is 44.7 Å². The van der Waals surface area contributed by atoms with Crippen molar-refractivity contribution in [3.05, 3.63) is 53.1 Å². The maximum Gasteiger partial charge on any atom is 0.253 e. The molecule has 3 amide bonds. The van der Waals surface area contributed by atoms with Crippen LogP contribution in [0.3, 0.4) is 0 Å². The van der Waals surface area contributed by atoms with Crippen LogP contribution in [0.1, 0.15) is 62.7 Å². The lowest BCUT2D eigenvalue weighted by Crippen LogP contribution is -2.36. The Bertz CT molecular complexity index is 1000. The maximum atomic E-state index is 12.7. The molecule has 8 heteroatoms. The molecule has 0 aromatic heterocycles. The second kappa shape index (κ2) is 12.4. The van der Waals surface area contributed by atoms with Crippen molar-refractivity contribution in [1.82, 2.24) is 5.32 Å². The fourth-order valence-corrected chi connectivity index (χ4v) is 4.13. The number of hydrogen-bond donors (Lipinski definition) is 4. The SMILES string of the molecule is CC(C)CC(=O)Nc1ccc(NCC(=O)Nc2ccc(Cl)c(C(=O)NC3CCCCC3)c2)cc1. The number of carbonyl (C=O) groups is 3. The van der Waals surface area contributed by atoms with Crippen molar-refractivity contribution in [3.8, 4) is 0 Å². The number of carbonyl (C=O) groups excluding carboxylic acids is 3. The van der Waals surface area contributed by atoms with Crippen LogP contribution < -0.4 is 21.3 Å². The Kier molecular flexibility index (Phi) is 9.33. The van der Waals surface area contributed by atoms with Gasteiger partial charge in [-0.05, 0) is 61.2 Å².